The van der Waals surface area contributed by atoms with Crippen molar-refractivity contribution >= 4 is 27.0 Å². The van der Waals surface area contributed by atoms with Crippen molar-refractivity contribution in [3.8, 4) is 0 Å². The van der Waals surface area contributed by atoms with Crippen molar-refractivity contribution in [1.82, 2.24) is 9.55 Å². The Bertz CT molecular complexity index is 510. The lowest BCUT2D eigenvalue weighted by atomic mass is 10.3. The molecule has 0 radical (unpaired) electrons. The summed E-state index contributed by atoms with van der Waals surface area (Å²) in [5.74, 6) is 0.834. The van der Waals surface area contributed by atoms with E-state index >= 15 is 0 Å². The third-order valence-electron chi connectivity index (χ3n) is 2.51. The van der Waals surface area contributed by atoms with Crippen molar-refractivity contribution in [2.45, 2.75) is 19.6 Å². The van der Waals surface area contributed by atoms with Crippen LogP contribution in [-0.2, 0) is 6.54 Å². The number of benzene rings is 1. The first-order valence-electron chi connectivity index (χ1n) is 5.03. The second-order valence-corrected chi connectivity index (χ2v) is 4.65. The third kappa shape index (κ3) is 2.11. The van der Waals surface area contributed by atoms with Crippen LogP contribution >= 0.6 is 15.9 Å². The summed E-state index contributed by atoms with van der Waals surface area (Å²) in [5.41, 5.74) is 1.85. The monoisotopic (exact) mass is 284 g/mol. The molecule has 16 heavy (non-hydrogen) atoms. The lowest BCUT2D eigenvalue weighted by Crippen LogP contribution is -2.20. The highest BCUT2D eigenvalue weighted by molar-refractivity contribution is 9.10. The maximum absolute atomic E-state index is 9.47. The molecule has 0 saturated carbocycles. The second kappa shape index (κ2) is 4.53. The number of fused-ring (bicyclic) bond motifs is 1. The Balaban J connectivity index is 2.50. The zero-order chi connectivity index (χ0) is 11.7. The van der Waals surface area contributed by atoms with E-state index in [1.165, 1.54) is 0 Å². The van der Waals surface area contributed by atoms with Gasteiger partial charge < -0.3 is 14.8 Å². The van der Waals surface area contributed by atoms with Gasteiger partial charge in [-0.05, 0) is 25.1 Å². The van der Waals surface area contributed by atoms with Crippen LogP contribution in [0.25, 0.3) is 11.0 Å². The molecule has 1 aromatic heterocycles. The summed E-state index contributed by atoms with van der Waals surface area (Å²) in [6.45, 7) is 2.00. The van der Waals surface area contributed by atoms with Gasteiger partial charge >= 0.3 is 0 Å². The highest BCUT2D eigenvalue weighted by Gasteiger charge is 2.11. The Hall–Kier alpha value is -0.910. The number of rotatable bonds is 3. The van der Waals surface area contributed by atoms with Crippen molar-refractivity contribution in [2.75, 3.05) is 6.61 Å². The van der Waals surface area contributed by atoms with E-state index in [0.29, 0.717) is 6.54 Å². The van der Waals surface area contributed by atoms with Crippen LogP contribution in [0.2, 0.25) is 0 Å². The Morgan fingerprint density at radius 2 is 2.25 bits per heavy atom. The number of halogens is 1. The minimum Gasteiger partial charge on any atom is -0.394 e. The summed E-state index contributed by atoms with van der Waals surface area (Å²) in [5, 5.41) is 18.3. The summed E-state index contributed by atoms with van der Waals surface area (Å²) in [7, 11) is 0. The normalized spacial score (nSPS) is 13.2. The number of aryl methyl sites for hydroxylation is 1. The summed E-state index contributed by atoms with van der Waals surface area (Å²) in [6.07, 6.45) is -0.755. The van der Waals surface area contributed by atoms with Gasteiger partial charge in [0.25, 0.3) is 0 Å². The van der Waals surface area contributed by atoms with Crippen LogP contribution in [0.1, 0.15) is 5.82 Å². The van der Waals surface area contributed by atoms with Crippen molar-refractivity contribution < 1.29 is 10.2 Å². The van der Waals surface area contributed by atoms with E-state index in [1.54, 1.807) is 0 Å². The fraction of sp³-hybridized carbons (Fsp3) is 0.364. The van der Waals surface area contributed by atoms with Gasteiger partial charge in [0.2, 0.25) is 0 Å². The molecule has 0 aliphatic rings. The molecule has 0 saturated heterocycles. The van der Waals surface area contributed by atoms with Crippen LogP contribution in [0.5, 0.6) is 0 Å². The lowest BCUT2D eigenvalue weighted by molar-refractivity contribution is 0.0816. The Labute approximate surface area is 102 Å². The molecule has 86 valence electrons. The molecule has 1 atom stereocenters. The SMILES string of the molecule is Cc1nc2ccc(Br)cc2n1CC(O)CO. The lowest BCUT2D eigenvalue weighted by Gasteiger charge is -2.10. The van der Waals surface area contributed by atoms with Crippen molar-refractivity contribution in [3.63, 3.8) is 0 Å². The molecule has 1 unspecified atom stereocenters. The molecule has 0 spiro atoms. The number of aromatic nitrogens is 2. The van der Waals surface area contributed by atoms with Crippen LogP contribution in [-0.4, -0.2) is 32.5 Å². The van der Waals surface area contributed by atoms with Gasteiger partial charge in [0.1, 0.15) is 5.82 Å². The summed E-state index contributed by atoms with van der Waals surface area (Å²) >= 11 is 3.41. The highest BCUT2D eigenvalue weighted by atomic mass is 79.9. The van der Waals surface area contributed by atoms with E-state index in [1.807, 2.05) is 29.7 Å². The van der Waals surface area contributed by atoms with Gasteiger partial charge in [-0.3, -0.25) is 0 Å². The average molecular weight is 285 g/mol. The quantitative estimate of drug-likeness (QED) is 0.897. The Kier molecular flexibility index (Phi) is 3.28. The summed E-state index contributed by atoms with van der Waals surface area (Å²) in [4.78, 5) is 4.39. The number of aliphatic hydroxyl groups is 2. The van der Waals surface area contributed by atoms with Crippen LogP contribution in [0, 0.1) is 6.92 Å². The van der Waals surface area contributed by atoms with Gasteiger partial charge in [0.05, 0.1) is 30.3 Å². The maximum Gasteiger partial charge on any atom is 0.106 e. The van der Waals surface area contributed by atoms with Crippen molar-refractivity contribution in [1.29, 1.82) is 0 Å². The van der Waals surface area contributed by atoms with Gasteiger partial charge in [0.15, 0.2) is 0 Å². The van der Waals surface area contributed by atoms with Crippen LogP contribution in [0.15, 0.2) is 22.7 Å². The number of nitrogens with zero attached hydrogens (tertiary/aromatic N) is 2. The van der Waals surface area contributed by atoms with Crippen molar-refractivity contribution in [3.05, 3.63) is 28.5 Å². The molecule has 1 heterocycles. The third-order valence-corrected chi connectivity index (χ3v) is 3.00. The first-order chi connectivity index (χ1) is 7.61. The van der Waals surface area contributed by atoms with Crippen molar-refractivity contribution in [2.24, 2.45) is 0 Å². The molecule has 2 aromatic rings. The molecule has 0 amide bonds. The first kappa shape index (κ1) is 11.6. The number of imidazole rings is 1. The van der Waals surface area contributed by atoms with Gasteiger partial charge in [-0.2, -0.15) is 0 Å². The smallest absolute Gasteiger partial charge is 0.106 e. The minimum absolute atomic E-state index is 0.243. The molecular weight excluding hydrogens is 272 g/mol. The molecular formula is C11H13BrN2O2. The average Bonchev–Trinajstić information content (AvgIpc) is 2.55. The number of hydrogen-bond acceptors (Lipinski definition) is 3. The molecule has 4 nitrogen and oxygen atoms in total. The van der Waals surface area contributed by atoms with E-state index in [2.05, 4.69) is 20.9 Å². The van der Waals surface area contributed by atoms with Crippen LogP contribution in [0.3, 0.4) is 0 Å². The van der Waals surface area contributed by atoms with E-state index in [-0.39, 0.29) is 6.61 Å². The predicted octanol–water partition coefficient (Wildman–Crippen LogP) is 1.46. The standard InChI is InChI=1S/C11H13BrN2O2/c1-7-13-10-3-2-8(12)4-11(10)14(7)5-9(16)6-15/h2-4,9,15-16H,5-6H2,1H3. The zero-order valence-electron chi connectivity index (χ0n) is 8.89. The molecule has 0 fully saturated rings. The fourth-order valence-electron chi connectivity index (χ4n) is 1.72. The second-order valence-electron chi connectivity index (χ2n) is 3.74. The van der Waals surface area contributed by atoms with Gasteiger partial charge in [-0.1, -0.05) is 15.9 Å². The molecule has 2 N–H and O–H groups in total. The summed E-state index contributed by atoms with van der Waals surface area (Å²) < 4.78 is 2.88. The van der Waals surface area contributed by atoms with Crippen LogP contribution < -0.4 is 0 Å². The Morgan fingerprint density at radius 3 is 2.94 bits per heavy atom. The molecule has 2 rings (SSSR count). The first-order valence-corrected chi connectivity index (χ1v) is 5.82. The Morgan fingerprint density at radius 1 is 1.50 bits per heavy atom. The molecule has 0 aliphatic heterocycles. The van der Waals surface area contributed by atoms with Gasteiger partial charge in [0, 0.05) is 4.47 Å². The number of hydrogen-bond donors (Lipinski definition) is 2. The molecule has 5 heteroatoms. The van der Waals surface area contributed by atoms with Gasteiger partial charge in [-0.15, -0.1) is 0 Å². The van der Waals surface area contributed by atoms with Crippen LogP contribution in [0.4, 0.5) is 0 Å². The maximum atomic E-state index is 9.47. The largest absolute Gasteiger partial charge is 0.394 e. The van der Waals surface area contributed by atoms with E-state index in [0.717, 1.165) is 21.3 Å². The minimum atomic E-state index is -0.755. The molecule has 1 aromatic carbocycles. The topological polar surface area (TPSA) is 58.3 Å². The highest BCUT2D eigenvalue weighted by Crippen LogP contribution is 2.21. The fourth-order valence-corrected chi connectivity index (χ4v) is 2.06. The van der Waals surface area contributed by atoms with E-state index < -0.39 is 6.10 Å². The number of aliphatic hydroxyl groups excluding tert-OH is 2. The van der Waals surface area contributed by atoms with E-state index in [4.69, 9.17) is 5.11 Å². The van der Waals surface area contributed by atoms with E-state index in [9.17, 15) is 5.11 Å². The molecule has 0 aliphatic carbocycles. The molecule has 0 bridgehead atoms. The predicted molar refractivity (Wildman–Crippen MR) is 65.3 cm³/mol. The summed E-state index contributed by atoms with van der Waals surface area (Å²) in [6, 6.07) is 5.81. The zero-order valence-corrected chi connectivity index (χ0v) is 10.5. The van der Waals surface area contributed by atoms with Gasteiger partial charge in [-0.25, -0.2) is 4.98 Å².